The number of carboxylic acids is 1. The second-order valence-corrected chi connectivity index (χ2v) is 5.43. The number of carbonyl (C=O) groups is 1. The molecule has 0 saturated heterocycles. The molecule has 0 atom stereocenters. The molecule has 0 spiro atoms. The maximum absolute atomic E-state index is 11.2. The molecule has 0 bridgehead atoms. The molecule has 0 amide bonds. The second kappa shape index (κ2) is 10.9. The molecule has 0 heterocycles. The average molecular weight is 308 g/mol. The van der Waals surface area contributed by atoms with Crippen LogP contribution in [0.25, 0.3) is 0 Å². The van der Waals surface area contributed by atoms with Crippen LogP contribution in [-0.2, 0) is 0 Å². The van der Waals surface area contributed by atoms with Crippen molar-refractivity contribution in [2.45, 2.75) is 58.8 Å². The summed E-state index contributed by atoms with van der Waals surface area (Å²) in [6, 6.07) is 4.94. The Labute approximate surface area is 133 Å². The Balaban J connectivity index is 2.58. The van der Waals surface area contributed by atoms with E-state index in [-0.39, 0.29) is 5.56 Å². The fourth-order valence-electron chi connectivity index (χ4n) is 2.14. The average Bonchev–Trinajstić information content (AvgIpc) is 2.51. The van der Waals surface area contributed by atoms with Crippen LogP contribution in [-0.4, -0.2) is 24.3 Å². The van der Waals surface area contributed by atoms with E-state index in [1.807, 2.05) is 0 Å². The van der Waals surface area contributed by atoms with Crippen molar-refractivity contribution in [2.24, 2.45) is 0 Å². The molecule has 4 heteroatoms. The van der Waals surface area contributed by atoms with Crippen molar-refractivity contribution < 1.29 is 19.4 Å². The van der Waals surface area contributed by atoms with Gasteiger partial charge in [-0.1, -0.05) is 46.0 Å². The highest BCUT2D eigenvalue weighted by atomic mass is 16.5. The Morgan fingerprint density at radius 2 is 1.59 bits per heavy atom. The number of aromatic carboxylic acids is 1. The van der Waals surface area contributed by atoms with Crippen LogP contribution in [0.1, 0.15) is 69.2 Å². The highest BCUT2D eigenvalue weighted by Gasteiger charge is 2.12. The molecule has 22 heavy (non-hydrogen) atoms. The summed E-state index contributed by atoms with van der Waals surface area (Å²) in [7, 11) is 0. The summed E-state index contributed by atoms with van der Waals surface area (Å²) in [5.41, 5.74) is 0.191. The van der Waals surface area contributed by atoms with Crippen molar-refractivity contribution in [1.82, 2.24) is 0 Å². The van der Waals surface area contributed by atoms with Gasteiger partial charge >= 0.3 is 5.97 Å². The Morgan fingerprint density at radius 3 is 2.27 bits per heavy atom. The van der Waals surface area contributed by atoms with Gasteiger partial charge in [-0.15, -0.1) is 0 Å². The highest BCUT2D eigenvalue weighted by Crippen LogP contribution is 2.25. The second-order valence-electron chi connectivity index (χ2n) is 5.43. The SMILES string of the molecule is CCCCCCOc1cc(OCCCCC)ccc1C(=O)O. The number of unbranched alkanes of at least 4 members (excludes halogenated alkanes) is 5. The summed E-state index contributed by atoms with van der Waals surface area (Å²) in [6.07, 6.45) is 7.67. The van der Waals surface area contributed by atoms with Gasteiger partial charge in [0.15, 0.2) is 0 Å². The van der Waals surface area contributed by atoms with Gasteiger partial charge in [0.1, 0.15) is 17.1 Å². The lowest BCUT2D eigenvalue weighted by molar-refractivity contribution is 0.0692. The quantitative estimate of drug-likeness (QED) is 0.557. The van der Waals surface area contributed by atoms with E-state index in [0.717, 1.165) is 32.1 Å². The fourth-order valence-corrected chi connectivity index (χ4v) is 2.14. The van der Waals surface area contributed by atoms with Gasteiger partial charge in [0.25, 0.3) is 0 Å². The third-order valence-electron chi connectivity index (χ3n) is 3.46. The molecule has 1 aromatic rings. The van der Waals surface area contributed by atoms with Crippen molar-refractivity contribution >= 4 is 5.97 Å². The molecule has 1 rings (SSSR count). The first-order chi connectivity index (χ1) is 10.7. The van der Waals surface area contributed by atoms with E-state index < -0.39 is 5.97 Å². The van der Waals surface area contributed by atoms with Crippen LogP contribution in [0.5, 0.6) is 11.5 Å². The zero-order chi connectivity index (χ0) is 16.2. The Morgan fingerprint density at radius 1 is 0.955 bits per heavy atom. The van der Waals surface area contributed by atoms with Crippen LogP contribution in [0.2, 0.25) is 0 Å². The fraction of sp³-hybridized carbons (Fsp3) is 0.611. The summed E-state index contributed by atoms with van der Waals surface area (Å²) in [5, 5.41) is 9.22. The lowest BCUT2D eigenvalue weighted by atomic mass is 10.2. The number of rotatable bonds is 12. The maximum Gasteiger partial charge on any atom is 0.339 e. The predicted octanol–water partition coefficient (Wildman–Crippen LogP) is 4.91. The van der Waals surface area contributed by atoms with E-state index in [1.165, 1.54) is 12.8 Å². The zero-order valence-electron chi connectivity index (χ0n) is 13.8. The van der Waals surface area contributed by atoms with Gasteiger partial charge in [-0.25, -0.2) is 4.79 Å². The van der Waals surface area contributed by atoms with Crippen molar-refractivity contribution in [3.8, 4) is 11.5 Å². The van der Waals surface area contributed by atoms with Gasteiger partial charge in [0.2, 0.25) is 0 Å². The molecule has 0 aliphatic rings. The van der Waals surface area contributed by atoms with E-state index in [9.17, 15) is 9.90 Å². The molecular formula is C18H28O4. The number of hydrogen-bond donors (Lipinski definition) is 1. The number of benzene rings is 1. The minimum absolute atomic E-state index is 0.191. The monoisotopic (exact) mass is 308 g/mol. The standard InChI is InChI=1S/C18H28O4/c1-3-5-7-9-13-22-17-14-15(21-12-8-6-4-2)10-11-16(17)18(19)20/h10-11,14H,3-9,12-13H2,1-2H3,(H,19,20). The molecule has 0 radical (unpaired) electrons. The van der Waals surface area contributed by atoms with Crippen LogP contribution in [0.3, 0.4) is 0 Å². The first-order valence-corrected chi connectivity index (χ1v) is 8.32. The summed E-state index contributed by atoms with van der Waals surface area (Å²) in [5.74, 6) is 0.0998. The molecule has 0 aromatic heterocycles. The third kappa shape index (κ3) is 6.83. The van der Waals surface area contributed by atoms with E-state index >= 15 is 0 Å². The lowest BCUT2D eigenvalue weighted by Gasteiger charge is -2.12. The first-order valence-electron chi connectivity index (χ1n) is 8.32. The van der Waals surface area contributed by atoms with Gasteiger partial charge < -0.3 is 14.6 Å². The zero-order valence-corrected chi connectivity index (χ0v) is 13.8. The van der Waals surface area contributed by atoms with Crippen LogP contribution >= 0.6 is 0 Å². The molecule has 1 N–H and O–H groups in total. The van der Waals surface area contributed by atoms with Crippen molar-refractivity contribution in [2.75, 3.05) is 13.2 Å². The van der Waals surface area contributed by atoms with Gasteiger partial charge in [-0.2, -0.15) is 0 Å². The third-order valence-corrected chi connectivity index (χ3v) is 3.46. The van der Waals surface area contributed by atoms with Crippen LogP contribution in [0.15, 0.2) is 18.2 Å². The number of hydrogen-bond acceptors (Lipinski definition) is 3. The molecule has 0 unspecified atom stereocenters. The van der Waals surface area contributed by atoms with E-state index in [0.29, 0.717) is 24.7 Å². The summed E-state index contributed by atoms with van der Waals surface area (Å²) in [6.45, 7) is 5.49. The van der Waals surface area contributed by atoms with Gasteiger partial charge in [-0.05, 0) is 25.0 Å². The predicted molar refractivity (Wildman–Crippen MR) is 88.1 cm³/mol. The minimum atomic E-state index is -0.971. The number of carboxylic acid groups (broad SMARTS) is 1. The molecule has 124 valence electrons. The topological polar surface area (TPSA) is 55.8 Å². The molecular weight excluding hydrogens is 280 g/mol. The Kier molecular flexibility index (Phi) is 9.12. The van der Waals surface area contributed by atoms with Crippen molar-refractivity contribution in [3.63, 3.8) is 0 Å². The smallest absolute Gasteiger partial charge is 0.339 e. The first kappa shape index (κ1) is 18.3. The minimum Gasteiger partial charge on any atom is -0.493 e. The van der Waals surface area contributed by atoms with Gasteiger partial charge in [0.05, 0.1) is 13.2 Å². The van der Waals surface area contributed by atoms with Gasteiger partial charge in [-0.3, -0.25) is 0 Å². The van der Waals surface area contributed by atoms with E-state index in [1.54, 1.807) is 18.2 Å². The molecule has 1 aromatic carbocycles. The van der Waals surface area contributed by atoms with Crippen LogP contribution in [0.4, 0.5) is 0 Å². The van der Waals surface area contributed by atoms with E-state index in [4.69, 9.17) is 9.47 Å². The molecule has 0 saturated carbocycles. The number of ether oxygens (including phenoxy) is 2. The van der Waals surface area contributed by atoms with Crippen LogP contribution < -0.4 is 9.47 Å². The van der Waals surface area contributed by atoms with Crippen LogP contribution in [0, 0.1) is 0 Å². The normalized spacial score (nSPS) is 10.5. The van der Waals surface area contributed by atoms with Crippen molar-refractivity contribution in [3.05, 3.63) is 23.8 Å². The maximum atomic E-state index is 11.2. The Bertz CT molecular complexity index is 443. The van der Waals surface area contributed by atoms with Crippen molar-refractivity contribution in [1.29, 1.82) is 0 Å². The molecule has 0 aliphatic heterocycles. The lowest BCUT2D eigenvalue weighted by Crippen LogP contribution is -2.05. The molecule has 0 aliphatic carbocycles. The van der Waals surface area contributed by atoms with E-state index in [2.05, 4.69) is 13.8 Å². The van der Waals surface area contributed by atoms with Gasteiger partial charge in [0, 0.05) is 6.07 Å². The molecule has 0 fully saturated rings. The summed E-state index contributed by atoms with van der Waals surface area (Å²) < 4.78 is 11.3. The Hall–Kier alpha value is -1.71. The summed E-state index contributed by atoms with van der Waals surface area (Å²) in [4.78, 5) is 11.2. The largest absolute Gasteiger partial charge is 0.493 e. The summed E-state index contributed by atoms with van der Waals surface area (Å²) >= 11 is 0. The highest BCUT2D eigenvalue weighted by molar-refractivity contribution is 5.91. The molecule has 4 nitrogen and oxygen atoms in total.